The van der Waals surface area contributed by atoms with Crippen molar-refractivity contribution in [3.05, 3.63) is 28.2 Å². The number of nitrogens with zero attached hydrogens (tertiary/aromatic N) is 1. The molecule has 0 bridgehead atoms. The minimum atomic E-state index is -3.78. The molecular formula is C18H23BrN2O6S. The van der Waals surface area contributed by atoms with Crippen LogP contribution in [0.5, 0.6) is 0 Å². The van der Waals surface area contributed by atoms with Crippen LogP contribution in [0.1, 0.15) is 36.0 Å². The van der Waals surface area contributed by atoms with Crippen molar-refractivity contribution in [2.24, 2.45) is 0 Å². The molecule has 0 spiro atoms. The summed E-state index contributed by atoms with van der Waals surface area (Å²) in [6.07, 6.45) is 2.63. The number of benzene rings is 1. The summed E-state index contributed by atoms with van der Waals surface area (Å²) in [4.78, 5) is 25.1. The largest absolute Gasteiger partial charge is 0.467 e. The van der Waals surface area contributed by atoms with Crippen LogP contribution in [0.15, 0.2) is 27.6 Å². The van der Waals surface area contributed by atoms with Crippen molar-refractivity contribution in [1.82, 2.24) is 9.62 Å². The summed E-state index contributed by atoms with van der Waals surface area (Å²) in [6.45, 7) is 1.19. The van der Waals surface area contributed by atoms with Crippen LogP contribution in [0.3, 0.4) is 0 Å². The Morgan fingerprint density at radius 1 is 1.21 bits per heavy atom. The average Bonchev–Trinajstić information content (AvgIpc) is 3.17. The van der Waals surface area contributed by atoms with Gasteiger partial charge < -0.3 is 14.8 Å². The number of carbonyl (C=O) groups is 2. The Balaban J connectivity index is 1.88. The Labute approximate surface area is 172 Å². The molecule has 1 saturated carbocycles. The fourth-order valence-electron chi connectivity index (χ4n) is 3.61. The number of morpholine rings is 1. The molecular weight excluding hydrogens is 452 g/mol. The van der Waals surface area contributed by atoms with Crippen molar-refractivity contribution >= 4 is 37.8 Å². The van der Waals surface area contributed by atoms with Crippen molar-refractivity contribution in [2.45, 2.75) is 36.1 Å². The Kier molecular flexibility index (Phi) is 6.43. The molecule has 1 aromatic carbocycles. The van der Waals surface area contributed by atoms with Gasteiger partial charge in [-0.15, -0.1) is 0 Å². The van der Waals surface area contributed by atoms with Crippen LogP contribution < -0.4 is 5.32 Å². The van der Waals surface area contributed by atoms with Gasteiger partial charge in [0.15, 0.2) is 0 Å². The molecule has 154 valence electrons. The molecule has 10 heteroatoms. The van der Waals surface area contributed by atoms with Gasteiger partial charge in [0.2, 0.25) is 10.0 Å². The van der Waals surface area contributed by atoms with Crippen molar-refractivity contribution < 1.29 is 27.5 Å². The van der Waals surface area contributed by atoms with Crippen LogP contribution in [-0.4, -0.2) is 63.6 Å². The molecule has 0 atom stereocenters. The van der Waals surface area contributed by atoms with Crippen LogP contribution in [0.2, 0.25) is 0 Å². The molecule has 0 aromatic heterocycles. The van der Waals surface area contributed by atoms with E-state index in [1.54, 1.807) is 0 Å². The van der Waals surface area contributed by atoms with Crippen LogP contribution in [0, 0.1) is 0 Å². The summed E-state index contributed by atoms with van der Waals surface area (Å²) < 4.78 is 37.8. The first-order chi connectivity index (χ1) is 13.3. The maximum Gasteiger partial charge on any atom is 0.331 e. The summed E-state index contributed by atoms with van der Waals surface area (Å²) in [5.74, 6) is -0.977. The molecule has 8 nitrogen and oxygen atoms in total. The van der Waals surface area contributed by atoms with Gasteiger partial charge in [0, 0.05) is 23.1 Å². The molecule has 2 aliphatic rings. The third-order valence-corrected chi connectivity index (χ3v) is 8.06. The number of hydrogen-bond donors (Lipinski definition) is 1. The zero-order valence-corrected chi connectivity index (χ0v) is 18.0. The lowest BCUT2D eigenvalue weighted by Crippen LogP contribution is -2.53. The second-order valence-corrected chi connectivity index (χ2v) is 9.66. The number of methoxy groups -OCH3 is 1. The van der Waals surface area contributed by atoms with E-state index in [1.807, 2.05) is 0 Å². The molecule has 1 saturated heterocycles. The van der Waals surface area contributed by atoms with Gasteiger partial charge in [-0.05, 0) is 47.0 Å². The second kappa shape index (κ2) is 8.48. The topological polar surface area (TPSA) is 102 Å². The minimum absolute atomic E-state index is 0.0144. The minimum Gasteiger partial charge on any atom is -0.467 e. The van der Waals surface area contributed by atoms with E-state index in [-0.39, 0.29) is 23.5 Å². The van der Waals surface area contributed by atoms with E-state index in [0.29, 0.717) is 30.5 Å². The molecule has 0 radical (unpaired) electrons. The number of carbonyl (C=O) groups excluding carboxylic acids is 2. The lowest BCUT2D eigenvalue weighted by atomic mass is 9.97. The van der Waals surface area contributed by atoms with Crippen molar-refractivity contribution in [1.29, 1.82) is 0 Å². The first-order valence-corrected chi connectivity index (χ1v) is 11.3. The van der Waals surface area contributed by atoms with Crippen LogP contribution >= 0.6 is 15.9 Å². The monoisotopic (exact) mass is 474 g/mol. The fraction of sp³-hybridized carbons (Fsp3) is 0.556. The first kappa shape index (κ1) is 21.2. The van der Waals surface area contributed by atoms with Gasteiger partial charge in [-0.2, -0.15) is 4.31 Å². The summed E-state index contributed by atoms with van der Waals surface area (Å²) in [7, 11) is -2.48. The van der Waals surface area contributed by atoms with E-state index < -0.39 is 27.4 Å². The van der Waals surface area contributed by atoms with Gasteiger partial charge in [0.25, 0.3) is 5.91 Å². The lowest BCUT2D eigenvalue weighted by Gasteiger charge is -2.28. The van der Waals surface area contributed by atoms with Crippen LogP contribution in [0.25, 0.3) is 0 Å². The number of rotatable bonds is 5. The zero-order chi connectivity index (χ0) is 20.4. The lowest BCUT2D eigenvalue weighted by molar-refractivity contribution is -0.148. The number of hydrogen-bond acceptors (Lipinski definition) is 6. The molecule has 28 heavy (non-hydrogen) atoms. The first-order valence-electron chi connectivity index (χ1n) is 9.08. The smallest absolute Gasteiger partial charge is 0.331 e. The number of sulfonamides is 1. The van der Waals surface area contributed by atoms with Gasteiger partial charge in [-0.3, -0.25) is 4.79 Å². The van der Waals surface area contributed by atoms with Crippen molar-refractivity contribution in [3.8, 4) is 0 Å². The van der Waals surface area contributed by atoms with E-state index in [9.17, 15) is 18.0 Å². The standard InChI is InChI=1S/C18H23BrN2O6S/c1-26-17(23)18(6-2-3-7-18)20-16(22)13-4-5-14(19)15(12-13)28(24,25)21-8-10-27-11-9-21/h4-5,12H,2-3,6-11H2,1H3,(H,20,22). The average molecular weight is 475 g/mol. The van der Waals surface area contributed by atoms with E-state index in [1.165, 1.54) is 29.6 Å². The number of halogens is 1. The predicted molar refractivity (Wildman–Crippen MR) is 104 cm³/mol. The Bertz CT molecular complexity index is 861. The SMILES string of the molecule is COC(=O)C1(NC(=O)c2ccc(Br)c(S(=O)(=O)N3CCOCC3)c2)CCCC1. The molecule has 1 amide bonds. The predicted octanol–water partition coefficient (Wildman–Crippen LogP) is 1.69. The number of nitrogens with one attached hydrogen (secondary N) is 1. The van der Waals surface area contributed by atoms with Gasteiger partial charge in [-0.1, -0.05) is 12.8 Å². The van der Waals surface area contributed by atoms with Gasteiger partial charge in [-0.25, -0.2) is 13.2 Å². The molecule has 2 fully saturated rings. The highest BCUT2D eigenvalue weighted by Gasteiger charge is 2.43. The number of esters is 1. The number of amides is 1. The van der Waals surface area contributed by atoms with E-state index in [0.717, 1.165) is 12.8 Å². The maximum atomic E-state index is 13.0. The molecule has 1 N–H and O–H groups in total. The third kappa shape index (κ3) is 4.10. The van der Waals surface area contributed by atoms with E-state index in [4.69, 9.17) is 9.47 Å². The molecule has 1 aliphatic carbocycles. The van der Waals surface area contributed by atoms with E-state index in [2.05, 4.69) is 21.2 Å². The Morgan fingerprint density at radius 2 is 1.86 bits per heavy atom. The highest BCUT2D eigenvalue weighted by molar-refractivity contribution is 9.10. The highest BCUT2D eigenvalue weighted by Crippen LogP contribution is 2.32. The van der Waals surface area contributed by atoms with Crippen molar-refractivity contribution in [3.63, 3.8) is 0 Å². The van der Waals surface area contributed by atoms with Crippen molar-refractivity contribution in [2.75, 3.05) is 33.4 Å². The summed E-state index contributed by atoms with van der Waals surface area (Å²) >= 11 is 3.27. The zero-order valence-electron chi connectivity index (χ0n) is 15.6. The van der Waals surface area contributed by atoms with Crippen LogP contribution in [0.4, 0.5) is 0 Å². The second-order valence-electron chi connectivity index (χ2n) is 6.90. The third-order valence-electron chi connectivity index (χ3n) is 5.17. The molecule has 1 aromatic rings. The Morgan fingerprint density at radius 3 is 2.46 bits per heavy atom. The number of ether oxygens (including phenoxy) is 2. The summed E-state index contributed by atoms with van der Waals surface area (Å²) in [5.41, 5.74) is -0.882. The van der Waals surface area contributed by atoms with Gasteiger partial charge in [0.1, 0.15) is 5.54 Å². The summed E-state index contributed by atoms with van der Waals surface area (Å²) in [5, 5.41) is 2.78. The fourth-order valence-corrected chi connectivity index (χ4v) is 5.97. The van der Waals surface area contributed by atoms with Gasteiger partial charge in [0.05, 0.1) is 25.2 Å². The Hall–Kier alpha value is -1.49. The molecule has 1 heterocycles. The molecule has 0 unspecified atom stereocenters. The van der Waals surface area contributed by atoms with Crippen LogP contribution in [-0.2, 0) is 24.3 Å². The molecule has 3 rings (SSSR count). The van der Waals surface area contributed by atoms with E-state index >= 15 is 0 Å². The summed E-state index contributed by atoms with van der Waals surface area (Å²) in [6, 6.07) is 4.39. The van der Waals surface area contributed by atoms with Gasteiger partial charge >= 0.3 is 5.97 Å². The normalized spacial score (nSPS) is 19.9. The maximum absolute atomic E-state index is 13.0. The molecule has 1 aliphatic heterocycles. The highest BCUT2D eigenvalue weighted by atomic mass is 79.9. The quantitative estimate of drug-likeness (QED) is 0.651.